The molecule has 0 bridgehead atoms. The molecule has 0 saturated heterocycles. The lowest BCUT2D eigenvalue weighted by Crippen LogP contribution is -2.32. The van der Waals surface area contributed by atoms with E-state index in [1.807, 2.05) is 59.4 Å². The predicted octanol–water partition coefficient (Wildman–Crippen LogP) is 7.56. The summed E-state index contributed by atoms with van der Waals surface area (Å²) in [7, 11) is 0. The first-order valence-electron chi connectivity index (χ1n) is 17.3. The zero-order chi connectivity index (χ0) is 35.8. The smallest absolute Gasteiger partial charge is 0.355 e. The van der Waals surface area contributed by atoms with Gasteiger partial charge in [-0.15, -0.1) is 11.3 Å². The highest BCUT2D eigenvalue weighted by Gasteiger charge is 2.27. The third-order valence-corrected chi connectivity index (χ3v) is 11.5. The van der Waals surface area contributed by atoms with Gasteiger partial charge in [0.15, 0.2) is 21.6 Å². The molecule has 0 saturated carbocycles. The molecule has 1 aliphatic carbocycles. The number of para-hydroxylation sites is 1. The number of aryl methyl sites for hydroxylation is 1. The maximum absolute atomic E-state index is 13.5. The maximum atomic E-state index is 13.5. The van der Waals surface area contributed by atoms with Gasteiger partial charge in [0.05, 0.1) is 28.8 Å². The summed E-state index contributed by atoms with van der Waals surface area (Å²) >= 11 is 2.84. The number of rotatable bonds is 11. The number of amides is 1. The normalized spacial score (nSPS) is 15.6. The molecule has 4 aromatic heterocycles. The fraction of sp³-hybridized carbons (Fsp3) is 0.289. The maximum Gasteiger partial charge on any atom is 0.355 e. The number of hydrogen-bond donors (Lipinski definition) is 2. The van der Waals surface area contributed by atoms with Gasteiger partial charge in [-0.2, -0.15) is 0 Å². The van der Waals surface area contributed by atoms with Crippen LogP contribution < -0.4 is 10.2 Å². The average molecular weight is 733 g/mol. The van der Waals surface area contributed by atoms with Gasteiger partial charge in [0.1, 0.15) is 17.6 Å². The number of imidazole rings is 1. The summed E-state index contributed by atoms with van der Waals surface area (Å²) in [5, 5.41) is 14.2. The number of benzene rings is 2. The molecule has 5 heterocycles. The monoisotopic (exact) mass is 732 g/mol. The quantitative estimate of drug-likeness (QED) is 0.128. The second-order valence-electron chi connectivity index (χ2n) is 13.1. The van der Waals surface area contributed by atoms with Gasteiger partial charge < -0.3 is 19.3 Å². The van der Waals surface area contributed by atoms with Crippen LogP contribution in [0.2, 0.25) is 0 Å². The number of aromatic carboxylic acids is 1. The van der Waals surface area contributed by atoms with Crippen molar-refractivity contribution in [3.8, 4) is 0 Å². The van der Waals surface area contributed by atoms with Gasteiger partial charge in [-0.25, -0.2) is 29.7 Å². The highest BCUT2D eigenvalue weighted by molar-refractivity contribution is 7.22. The number of carbonyl (C=O) groups excluding carboxylic acids is 1. The van der Waals surface area contributed by atoms with Crippen LogP contribution in [-0.4, -0.2) is 59.6 Å². The molecule has 264 valence electrons. The summed E-state index contributed by atoms with van der Waals surface area (Å²) in [6, 6.07) is 13.8. The number of allylic oxidation sites excluding steroid dienone is 3. The Hall–Kier alpha value is -5.47. The van der Waals surface area contributed by atoms with Crippen LogP contribution in [0.1, 0.15) is 81.2 Å². The molecule has 2 aromatic carbocycles. The van der Waals surface area contributed by atoms with Crippen LogP contribution in [0, 0.1) is 0 Å². The van der Waals surface area contributed by atoms with E-state index in [9.17, 15) is 14.7 Å². The van der Waals surface area contributed by atoms with Gasteiger partial charge in [-0.1, -0.05) is 41.7 Å². The predicted molar refractivity (Wildman–Crippen MR) is 202 cm³/mol. The van der Waals surface area contributed by atoms with Crippen LogP contribution in [0.25, 0.3) is 21.4 Å². The lowest BCUT2D eigenvalue weighted by atomic mass is 9.94. The Morgan fingerprint density at radius 3 is 2.77 bits per heavy atom. The number of carbonyl (C=O) groups is 2. The average Bonchev–Trinajstić information content (AvgIpc) is 3.90. The largest absolute Gasteiger partial charge is 0.494 e. The van der Waals surface area contributed by atoms with Gasteiger partial charge >= 0.3 is 5.97 Å². The van der Waals surface area contributed by atoms with Crippen LogP contribution in [0.15, 0.2) is 79.1 Å². The molecule has 12 nitrogen and oxygen atoms in total. The summed E-state index contributed by atoms with van der Waals surface area (Å²) in [4.78, 5) is 51.2. The molecular weight excluding hydrogens is 697 g/mol. The van der Waals surface area contributed by atoms with E-state index in [1.54, 1.807) is 6.33 Å². The van der Waals surface area contributed by atoms with Crippen molar-refractivity contribution in [2.24, 2.45) is 0 Å². The Bertz CT molecular complexity index is 2340. The van der Waals surface area contributed by atoms with Crippen LogP contribution in [0.3, 0.4) is 0 Å². The van der Waals surface area contributed by atoms with Crippen molar-refractivity contribution in [1.82, 2.24) is 29.5 Å². The van der Waals surface area contributed by atoms with Crippen molar-refractivity contribution in [3.63, 3.8) is 0 Å². The molecular formula is C38H36N8O4S2. The molecule has 2 N–H and O–H groups in total. The van der Waals surface area contributed by atoms with Crippen LogP contribution in [-0.2, 0) is 24.1 Å². The Balaban J connectivity index is 0.894. The van der Waals surface area contributed by atoms with E-state index in [0.717, 1.165) is 56.8 Å². The van der Waals surface area contributed by atoms with Gasteiger partial charge in [-0.05, 0) is 81.0 Å². The third-order valence-electron chi connectivity index (χ3n) is 9.37. The van der Waals surface area contributed by atoms with Crippen molar-refractivity contribution < 1.29 is 19.4 Å². The summed E-state index contributed by atoms with van der Waals surface area (Å²) in [6.07, 6.45) is 12.2. The fourth-order valence-corrected chi connectivity index (χ4v) is 8.69. The number of nitrogens with zero attached hydrogens (tertiary/aromatic N) is 7. The van der Waals surface area contributed by atoms with E-state index >= 15 is 0 Å². The minimum atomic E-state index is -1.05. The number of anilines is 2. The SMILES string of the molecule is CC(C)n1cnc2c(C3C=CC(OCCCc4sc(N5CCc6cccc(C(=O)Nc7nc8ccccc8s7)c6C5)nc4C(=O)O)=CC3)ncnc21. The number of ether oxygens (including phenoxy) is 1. The molecule has 1 amide bonds. The van der Waals surface area contributed by atoms with Crippen molar-refractivity contribution in [3.05, 3.63) is 112 Å². The number of hydrogen-bond acceptors (Lipinski definition) is 11. The fourth-order valence-electron chi connectivity index (χ4n) is 6.71. The summed E-state index contributed by atoms with van der Waals surface area (Å²) in [6.45, 7) is 5.77. The van der Waals surface area contributed by atoms with Crippen molar-refractivity contribution >= 4 is 66.2 Å². The number of carboxylic acids is 1. The van der Waals surface area contributed by atoms with Gasteiger partial charge in [0, 0.05) is 35.5 Å². The minimum Gasteiger partial charge on any atom is -0.494 e. The van der Waals surface area contributed by atoms with E-state index in [-0.39, 0.29) is 23.6 Å². The van der Waals surface area contributed by atoms with Crippen LogP contribution >= 0.6 is 22.7 Å². The molecule has 52 heavy (non-hydrogen) atoms. The van der Waals surface area contributed by atoms with Gasteiger partial charge in [-0.3, -0.25) is 10.1 Å². The Labute approximate surface area is 307 Å². The molecule has 2 aliphatic rings. The van der Waals surface area contributed by atoms with Crippen molar-refractivity contribution in [2.75, 3.05) is 23.4 Å². The molecule has 0 radical (unpaired) electrons. The molecule has 8 rings (SSSR count). The van der Waals surface area contributed by atoms with Gasteiger partial charge in [0.2, 0.25) is 0 Å². The number of fused-ring (bicyclic) bond motifs is 3. The first-order valence-corrected chi connectivity index (χ1v) is 18.9. The van der Waals surface area contributed by atoms with E-state index in [4.69, 9.17) is 4.74 Å². The topological polar surface area (TPSA) is 148 Å². The van der Waals surface area contributed by atoms with E-state index in [1.165, 1.54) is 22.7 Å². The van der Waals surface area contributed by atoms with Crippen LogP contribution in [0.5, 0.6) is 0 Å². The number of nitrogens with one attached hydrogen (secondary N) is 1. The number of aromatic nitrogens is 6. The number of thiazole rings is 2. The lowest BCUT2D eigenvalue weighted by molar-refractivity contribution is 0.0689. The van der Waals surface area contributed by atoms with Crippen molar-refractivity contribution in [1.29, 1.82) is 0 Å². The first kappa shape index (κ1) is 33.7. The van der Waals surface area contributed by atoms with Gasteiger partial charge in [0.25, 0.3) is 5.91 Å². The Morgan fingerprint density at radius 1 is 1.08 bits per heavy atom. The van der Waals surface area contributed by atoms with E-state index in [0.29, 0.717) is 53.2 Å². The zero-order valence-electron chi connectivity index (χ0n) is 28.7. The van der Waals surface area contributed by atoms with Crippen LogP contribution in [0.4, 0.5) is 10.3 Å². The third kappa shape index (κ3) is 6.66. The zero-order valence-corrected chi connectivity index (χ0v) is 30.3. The minimum absolute atomic E-state index is 0.0726. The molecule has 0 spiro atoms. The molecule has 1 unspecified atom stereocenters. The molecule has 1 atom stereocenters. The molecule has 14 heteroatoms. The number of carboxylic acid groups (broad SMARTS) is 1. The highest BCUT2D eigenvalue weighted by atomic mass is 32.1. The summed E-state index contributed by atoms with van der Waals surface area (Å²) in [5.41, 5.74) is 6.08. The molecule has 1 aliphatic heterocycles. The highest BCUT2D eigenvalue weighted by Crippen LogP contribution is 2.34. The first-order chi connectivity index (χ1) is 25.3. The molecule has 0 fully saturated rings. The van der Waals surface area contributed by atoms with Crippen molar-refractivity contribution in [2.45, 2.75) is 58.0 Å². The van der Waals surface area contributed by atoms with E-state index in [2.05, 4.69) is 61.1 Å². The summed E-state index contributed by atoms with van der Waals surface area (Å²) in [5.74, 6) is -0.403. The summed E-state index contributed by atoms with van der Waals surface area (Å²) < 4.78 is 9.13. The Kier molecular flexibility index (Phi) is 9.24. The Morgan fingerprint density at radius 2 is 1.96 bits per heavy atom. The standard InChI is InChI=1S/C38H36N8O4S2/c1-22(2)46-21-41-33-31(39-20-40-34(33)46)24-12-14-25(15-13-24)50-18-6-11-30-32(36(48)49)43-38(52-30)45-17-16-23-7-5-8-26(27(23)19-45)35(47)44-37-42-28-9-3-4-10-29(28)51-37/h3-5,7-10,12,14-15,20-22,24H,6,11,13,16-19H2,1-2H3,(H,48,49)(H,42,44,47). The second-order valence-corrected chi connectivity index (χ2v) is 15.2. The lowest BCUT2D eigenvalue weighted by Gasteiger charge is -2.29. The second kappa shape index (κ2) is 14.3. The molecule has 6 aromatic rings. The van der Waals surface area contributed by atoms with E-state index < -0.39 is 5.97 Å².